The van der Waals surface area contributed by atoms with Crippen molar-refractivity contribution in [3.63, 3.8) is 0 Å². The minimum atomic E-state index is -1.50. The molecule has 10 heteroatoms. The number of carboxylic acid groups (broad SMARTS) is 1. The summed E-state index contributed by atoms with van der Waals surface area (Å²) < 4.78 is 4.74. The summed E-state index contributed by atoms with van der Waals surface area (Å²) in [5, 5.41) is 32.8. The Balaban J connectivity index is 2.88. The van der Waals surface area contributed by atoms with Gasteiger partial charge >= 0.3 is 11.9 Å². The fourth-order valence-corrected chi connectivity index (χ4v) is 2.63. The molecule has 154 valence electrons. The summed E-state index contributed by atoms with van der Waals surface area (Å²) in [7, 11) is 1.15. The number of aromatic hydroxyl groups is 2. The number of carbonyl (C=O) groups is 4. The summed E-state index contributed by atoms with van der Waals surface area (Å²) in [6.45, 7) is 2.58. The van der Waals surface area contributed by atoms with Gasteiger partial charge in [-0.1, -0.05) is 6.07 Å². The number of esters is 1. The molecule has 1 unspecified atom stereocenters. The van der Waals surface area contributed by atoms with Crippen LogP contribution in [0, 0.1) is 0 Å². The molecule has 1 aromatic rings. The van der Waals surface area contributed by atoms with Gasteiger partial charge in [-0.25, -0.2) is 9.59 Å². The predicted molar refractivity (Wildman–Crippen MR) is 96.5 cm³/mol. The van der Waals surface area contributed by atoms with Gasteiger partial charge in [0.2, 0.25) is 11.8 Å². The number of phenols is 2. The molecule has 0 radical (unpaired) electrons. The Bertz CT molecular complexity index is 764. The topological polar surface area (TPSA) is 162 Å². The number of carbonyl (C=O) groups excluding carboxylic acids is 3. The maximum atomic E-state index is 12.3. The maximum absolute atomic E-state index is 12.3. The van der Waals surface area contributed by atoms with Crippen LogP contribution in [-0.4, -0.2) is 57.8 Å². The quantitative estimate of drug-likeness (QED) is 0.289. The number of nitrogens with one attached hydrogen (secondary N) is 2. The summed E-state index contributed by atoms with van der Waals surface area (Å²) in [6.07, 6.45) is -0.476. The first-order valence-electron chi connectivity index (χ1n) is 8.38. The summed E-state index contributed by atoms with van der Waals surface area (Å²) in [6, 6.07) is 2.73. The lowest BCUT2D eigenvalue weighted by Crippen LogP contribution is -2.54. The van der Waals surface area contributed by atoms with Crippen LogP contribution in [0.25, 0.3) is 0 Å². The van der Waals surface area contributed by atoms with E-state index in [4.69, 9.17) is 9.84 Å². The molecule has 0 aliphatic rings. The molecule has 0 bridgehead atoms. The molecule has 28 heavy (non-hydrogen) atoms. The highest BCUT2D eigenvalue weighted by atomic mass is 16.5. The minimum absolute atomic E-state index is 0.0483. The standard InChI is InChI=1S/C18H24N2O8/c1-10(21)19-12(16(25)26)5-7-15(24)20-18(2,17(27)28-3)9-11-4-6-13(22)14(23)8-11/h4,6,8,12,22-23H,5,7,9H2,1-3H3,(H,19,21)(H,20,24)(H,25,26)/t12?,18-/m0/s1. The van der Waals surface area contributed by atoms with Crippen molar-refractivity contribution in [3.05, 3.63) is 23.8 Å². The van der Waals surface area contributed by atoms with Crippen LogP contribution in [0.4, 0.5) is 0 Å². The summed E-state index contributed by atoms with van der Waals surface area (Å²) >= 11 is 0. The molecule has 0 aliphatic heterocycles. The summed E-state index contributed by atoms with van der Waals surface area (Å²) in [4.78, 5) is 46.7. The number of carboxylic acids is 1. The average Bonchev–Trinajstić information content (AvgIpc) is 2.60. The first-order chi connectivity index (χ1) is 13.0. The fourth-order valence-electron chi connectivity index (χ4n) is 2.63. The van der Waals surface area contributed by atoms with E-state index in [0.717, 1.165) is 14.0 Å². The Hall–Kier alpha value is -3.30. The zero-order valence-electron chi connectivity index (χ0n) is 15.8. The van der Waals surface area contributed by atoms with Crippen LogP contribution in [-0.2, 0) is 30.3 Å². The van der Waals surface area contributed by atoms with Gasteiger partial charge in [-0.3, -0.25) is 9.59 Å². The third-order valence-corrected chi connectivity index (χ3v) is 3.98. The lowest BCUT2D eigenvalue weighted by molar-refractivity contribution is -0.150. The molecule has 10 nitrogen and oxygen atoms in total. The lowest BCUT2D eigenvalue weighted by Gasteiger charge is -2.28. The molecule has 0 fully saturated rings. The number of hydrogen-bond donors (Lipinski definition) is 5. The van der Waals surface area contributed by atoms with Crippen molar-refractivity contribution in [1.82, 2.24) is 10.6 Å². The molecule has 0 saturated heterocycles. The van der Waals surface area contributed by atoms with Crippen molar-refractivity contribution >= 4 is 23.8 Å². The van der Waals surface area contributed by atoms with Crippen LogP contribution < -0.4 is 10.6 Å². The summed E-state index contributed by atoms with van der Waals surface area (Å²) in [5.74, 6) is -3.89. The van der Waals surface area contributed by atoms with Crippen molar-refractivity contribution in [2.45, 2.75) is 44.7 Å². The first kappa shape index (κ1) is 22.7. The number of methoxy groups -OCH3 is 1. The van der Waals surface area contributed by atoms with E-state index < -0.39 is 35.3 Å². The molecule has 1 aromatic carbocycles. The molecule has 5 N–H and O–H groups in total. The Morgan fingerprint density at radius 2 is 1.82 bits per heavy atom. The molecular formula is C18H24N2O8. The van der Waals surface area contributed by atoms with Crippen LogP contribution in [0.5, 0.6) is 11.5 Å². The molecule has 0 aromatic heterocycles. The molecule has 2 atom stereocenters. The molecule has 0 heterocycles. The summed E-state index contributed by atoms with van der Waals surface area (Å²) in [5.41, 5.74) is -1.05. The van der Waals surface area contributed by atoms with Gasteiger partial charge < -0.3 is 30.7 Å². The SMILES string of the molecule is COC(=O)[C@](C)(Cc1ccc(O)c(O)c1)NC(=O)CCC(NC(C)=O)C(=O)O. The Kier molecular flexibility index (Phi) is 7.78. The number of hydrogen-bond acceptors (Lipinski definition) is 7. The van der Waals surface area contributed by atoms with E-state index in [9.17, 15) is 29.4 Å². The highest BCUT2D eigenvalue weighted by Gasteiger charge is 2.36. The zero-order valence-corrected chi connectivity index (χ0v) is 15.8. The van der Waals surface area contributed by atoms with E-state index in [2.05, 4.69) is 10.6 Å². The zero-order chi connectivity index (χ0) is 21.5. The third kappa shape index (κ3) is 6.45. The van der Waals surface area contributed by atoms with Crippen LogP contribution in [0.3, 0.4) is 0 Å². The van der Waals surface area contributed by atoms with Crippen molar-refractivity contribution in [2.75, 3.05) is 7.11 Å². The van der Waals surface area contributed by atoms with Gasteiger partial charge in [0.15, 0.2) is 11.5 Å². The van der Waals surface area contributed by atoms with Gasteiger partial charge in [0.1, 0.15) is 11.6 Å². The molecule has 1 rings (SSSR count). The Morgan fingerprint density at radius 1 is 1.18 bits per heavy atom. The van der Waals surface area contributed by atoms with E-state index in [1.807, 2.05) is 0 Å². The van der Waals surface area contributed by atoms with Gasteiger partial charge in [0, 0.05) is 19.8 Å². The largest absolute Gasteiger partial charge is 0.504 e. The molecular weight excluding hydrogens is 372 g/mol. The van der Waals surface area contributed by atoms with Gasteiger partial charge in [-0.05, 0) is 31.0 Å². The van der Waals surface area contributed by atoms with Crippen LogP contribution in [0.2, 0.25) is 0 Å². The number of benzene rings is 1. The number of ether oxygens (including phenoxy) is 1. The Morgan fingerprint density at radius 3 is 2.32 bits per heavy atom. The highest BCUT2D eigenvalue weighted by Crippen LogP contribution is 2.27. The average molecular weight is 396 g/mol. The minimum Gasteiger partial charge on any atom is -0.504 e. The van der Waals surface area contributed by atoms with Gasteiger partial charge in [0.25, 0.3) is 0 Å². The van der Waals surface area contributed by atoms with E-state index in [1.54, 1.807) is 0 Å². The molecule has 2 amide bonds. The van der Waals surface area contributed by atoms with E-state index in [-0.39, 0.29) is 30.8 Å². The van der Waals surface area contributed by atoms with E-state index in [0.29, 0.717) is 5.56 Å². The van der Waals surface area contributed by atoms with Gasteiger partial charge in [-0.2, -0.15) is 0 Å². The molecule has 0 saturated carbocycles. The van der Waals surface area contributed by atoms with Crippen molar-refractivity contribution in [3.8, 4) is 11.5 Å². The second kappa shape index (κ2) is 9.58. The second-order valence-electron chi connectivity index (χ2n) is 6.50. The maximum Gasteiger partial charge on any atom is 0.331 e. The third-order valence-electron chi connectivity index (χ3n) is 3.98. The van der Waals surface area contributed by atoms with E-state index in [1.165, 1.54) is 25.1 Å². The van der Waals surface area contributed by atoms with Crippen LogP contribution >= 0.6 is 0 Å². The number of phenolic OH excluding ortho intramolecular Hbond substituents is 2. The van der Waals surface area contributed by atoms with Crippen LogP contribution in [0.1, 0.15) is 32.3 Å². The van der Waals surface area contributed by atoms with Crippen molar-refractivity contribution in [1.29, 1.82) is 0 Å². The number of rotatable bonds is 9. The highest BCUT2D eigenvalue weighted by molar-refractivity contribution is 5.88. The number of amides is 2. The molecule has 0 aliphatic carbocycles. The first-order valence-corrected chi connectivity index (χ1v) is 8.38. The smallest absolute Gasteiger partial charge is 0.331 e. The van der Waals surface area contributed by atoms with Crippen LogP contribution in [0.15, 0.2) is 18.2 Å². The normalized spacial score (nSPS) is 13.7. The fraction of sp³-hybridized carbons (Fsp3) is 0.444. The van der Waals surface area contributed by atoms with Gasteiger partial charge in [-0.15, -0.1) is 0 Å². The number of aliphatic carboxylic acids is 1. The molecule has 0 spiro atoms. The second-order valence-corrected chi connectivity index (χ2v) is 6.50. The van der Waals surface area contributed by atoms with Gasteiger partial charge in [0.05, 0.1) is 7.11 Å². The van der Waals surface area contributed by atoms with Crippen molar-refractivity contribution in [2.24, 2.45) is 0 Å². The van der Waals surface area contributed by atoms with Crippen molar-refractivity contribution < 1.29 is 39.2 Å². The van der Waals surface area contributed by atoms with E-state index >= 15 is 0 Å². The lowest BCUT2D eigenvalue weighted by atomic mass is 9.92. The monoisotopic (exact) mass is 396 g/mol. The predicted octanol–water partition coefficient (Wildman–Crippen LogP) is 0.0577. The Labute approximate surface area is 161 Å².